The third kappa shape index (κ3) is 2.98. The molecular weight excluding hydrogens is 172 g/mol. The quantitative estimate of drug-likeness (QED) is 0.718. The van der Waals surface area contributed by atoms with Crippen molar-refractivity contribution < 1.29 is 5.11 Å². The van der Waals surface area contributed by atoms with E-state index in [1.54, 1.807) is 0 Å². The normalized spacial score (nSPS) is 34.5. The highest BCUT2D eigenvalue weighted by molar-refractivity contribution is 4.86. The number of hydrogen-bond donors (Lipinski definition) is 1. The highest BCUT2D eigenvalue weighted by atomic mass is 16.3. The average Bonchev–Trinajstić information content (AvgIpc) is 2.07. The molecule has 1 fully saturated rings. The van der Waals surface area contributed by atoms with E-state index in [2.05, 4.69) is 27.7 Å². The summed E-state index contributed by atoms with van der Waals surface area (Å²) in [7, 11) is 0. The standard InChI is InChI=1S/C13H26O/c1-5-6-10-7-8-12(14)11(9-10)13(2,3)4/h10-12,14H,5-9H2,1-4H3/t10?,11-,12?/m1/s1. The average molecular weight is 198 g/mol. The van der Waals surface area contributed by atoms with Crippen LogP contribution in [0.15, 0.2) is 0 Å². The maximum Gasteiger partial charge on any atom is 0.0573 e. The Kier molecular flexibility index (Phi) is 4.00. The first-order chi connectivity index (χ1) is 6.45. The third-order valence-electron chi connectivity index (χ3n) is 3.73. The number of aliphatic hydroxyl groups excluding tert-OH is 1. The number of aliphatic hydroxyl groups is 1. The van der Waals surface area contributed by atoms with E-state index in [-0.39, 0.29) is 11.5 Å². The monoisotopic (exact) mass is 198 g/mol. The lowest BCUT2D eigenvalue weighted by Gasteiger charge is -2.41. The van der Waals surface area contributed by atoms with E-state index in [1.807, 2.05) is 0 Å². The molecule has 1 heteroatoms. The first-order valence-electron chi connectivity index (χ1n) is 6.13. The SMILES string of the molecule is CCCC1CCC(O)[C@H](C(C)(C)C)C1. The zero-order chi connectivity index (χ0) is 10.8. The fourth-order valence-electron chi connectivity index (χ4n) is 2.84. The van der Waals surface area contributed by atoms with Crippen LogP contribution in [0.2, 0.25) is 0 Å². The molecule has 1 aliphatic carbocycles. The molecule has 0 aromatic rings. The molecule has 1 saturated carbocycles. The van der Waals surface area contributed by atoms with Gasteiger partial charge >= 0.3 is 0 Å². The first-order valence-corrected chi connectivity index (χ1v) is 6.13. The van der Waals surface area contributed by atoms with Crippen molar-refractivity contribution in [3.63, 3.8) is 0 Å². The second-order valence-corrected chi connectivity index (χ2v) is 6.01. The van der Waals surface area contributed by atoms with Gasteiger partial charge in [-0.25, -0.2) is 0 Å². The molecule has 0 saturated heterocycles. The second kappa shape index (κ2) is 4.65. The van der Waals surface area contributed by atoms with Crippen molar-refractivity contribution in [3.8, 4) is 0 Å². The van der Waals surface area contributed by atoms with Crippen LogP contribution in [0, 0.1) is 17.3 Å². The van der Waals surface area contributed by atoms with Gasteiger partial charge in [-0.2, -0.15) is 0 Å². The Hall–Kier alpha value is -0.0400. The Morgan fingerprint density at radius 1 is 1.21 bits per heavy atom. The van der Waals surface area contributed by atoms with E-state index in [4.69, 9.17) is 0 Å². The summed E-state index contributed by atoms with van der Waals surface area (Å²) in [6.45, 7) is 9.04. The topological polar surface area (TPSA) is 20.2 Å². The van der Waals surface area contributed by atoms with E-state index in [0.717, 1.165) is 12.3 Å². The molecule has 1 nitrogen and oxygen atoms in total. The van der Waals surface area contributed by atoms with Crippen molar-refractivity contribution in [2.24, 2.45) is 17.3 Å². The molecule has 0 spiro atoms. The first kappa shape index (κ1) is 12.0. The fraction of sp³-hybridized carbons (Fsp3) is 1.00. The summed E-state index contributed by atoms with van der Waals surface area (Å²) in [4.78, 5) is 0. The van der Waals surface area contributed by atoms with Crippen LogP contribution in [0.3, 0.4) is 0 Å². The molecule has 84 valence electrons. The van der Waals surface area contributed by atoms with Crippen LogP contribution in [-0.2, 0) is 0 Å². The van der Waals surface area contributed by atoms with Crippen molar-refractivity contribution in [2.75, 3.05) is 0 Å². The van der Waals surface area contributed by atoms with Gasteiger partial charge in [-0.1, -0.05) is 40.5 Å². The number of hydrogen-bond acceptors (Lipinski definition) is 1. The molecule has 1 N–H and O–H groups in total. The summed E-state index contributed by atoms with van der Waals surface area (Å²) in [6.07, 6.45) is 6.08. The molecule has 14 heavy (non-hydrogen) atoms. The van der Waals surface area contributed by atoms with E-state index in [9.17, 15) is 5.11 Å². The largest absolute Gasteiger partial charge is 0.393 e. The van der Waals surface area contributed by atoms with Gasteiger partial charge < -0.3 is 5.11 Å². The van der Waals surface area contributed by atoms with Gasteiger partial charge in [0.05, 0.1) is 6.10 Å². The van der Waals surface area contributed by atoms with Gasteiger partial charge in [-0.05, 0) is 36.5 Å². The second-order valence-electron chi connectivity index (χ2n) is 6.01. The van der Waals surface area contributed by atoms with Gasteiger partial charge in [0.15, 0.2) is 0 Å². The smallest absolute Gasteiger partial charge is 0.0573 e. The molecule has 0 heterocycles. The third-order valence-corrected chi connectivity index (χ3v) is 3.73. The minimum absolute atomic E-state index is 0.0527. The summed E-state index contributed by atoms with van der Waals surface area (Å²) in [6, 6.07) is 0. The molecule has 0 aromatic heterocycles. The van der Waals surface area contributed by atoms with Crippen LogP contribution in [0.1, 0.15) is 59.8 Å². The molecule has 0 aliphatic heterocycles. The Balaban J connectivity index is 2.55. The molecule has 0 aromatic carbocycles. The lowest BCUT2D eigenvalue weighted by molar-refractivity contribution is -0.00950. The van der Waals surface area contributed by atoms with Gasteiger partial charge in [-0.15, -0.1) is 0 Å². The Bertz CT molecular complexity index is 169. The molecule has 0 bridgehead atoms. The predicted octanol–water partition coefficient (Wildman–Crippen LogP) is 3.61. The van der Waals surface area contributed by atoms with Gasteiger partial charge in [0, 0.05) is 0 Å². The fourth-order valence-corrected chi connectivity index (χ4v) is 2.84. The van der Waals surface area contributed by atoms with Crippen molar-refractivity contribution in [2.45, 2.75) is 65.9 Å². The predicted molar refractivity (Wildman–Crippen MR) is 61.2 cm³/mol. The van der Waals surface area contributed by atoms with Crippen molar-refractivity contribution in [3.05, 3.63) is 0 Å². The highest BCUT2D eigenvalue weighted by Crippen LogP contribution is 2.41. The minimum atomic E-state index is -0.0527. The van der Waals surface area contributed by atoms with Crippen LogP contribution in [0.5, 0.6) is 0 Å². The lowest BCUT2D eigenvalue weighted by atomic mass is 9.67. The van der Waals surface area contributed by atoms with Crippen molar-refractivity contribution in [1.82, 2.24) is 0 Å². The maximum atomic E-state index is 9.99. The van der Waals surface area contributed by atoms with Crippen LogP contribution in [-0.4, -0.2) is 11.2 Å². The van der Waals surface area contributed by atoms with E-state index in [0.29, 0.717) is 5.92 Å². The van der Waals surface area contributed by atoms with Gasteiger partial charge in [0.25, 0.3) is 0 Å². The Morgan fingerprint density at radius 2 is 1.86 bits per heavy atom. The zero-order valence-corrected chi connectivity index (χ0v) is 10.2. The number of rotatable bonds is 2. The van der Waals surface area contributed by atoms with Gasteiger partial charge in [-0.3, -0.25) is 0 Å². The van der Waals surface area contributed by atoms with Crippen LogP contribution in [0.4, 0.5) is 0 Å². The summed E-state index contributed by atoms with van der Waals surface area (Å²) in [5.41, 5.74) is 0.270. The summed E-state index contributed by atoms with van der Waals surface area (Å²) < 4.78 is 0. The highest BCUT2D eigenvalue weighted by Gasteiger charge is 2.36. The van der Waals surface area contributed by atoms with E-state index >= 15 is 0 Å². The van der Waals surface area contributed by atoms with Crippen LogP contribution in [0.25, 0.3) is 0 Å². The van der Waals surface area contributed by atoms with Crippen molar-refractivity contribution >= 4 is 0 Å². The van der Waals surface area contributed by atoms with Crippen molar-refractivity contribution in [1.29, 1.82) is 0 Å². The molecular formula is C13H26O. The zero-order valence-electron chi connectivity index (χ0n) is 10.2. The minimum Gasteiger partial charge on any atom is -0.393 e. The van der Waals surface area contributed by atoms with Gasteiger partial charge in [0.1, 0.15) is 0 Å². The lowest BCUT2D eigenvalue weighted by Crippen LogP contribution is -2.37. The molecule has 1 rings (SSSR count). The Labute approximate surface area is 88.9 Å². The molecule has 3 atom stereocenters. The molecule has 0 amide bonds. The van der Waals surface area contributed by atoms with Crippen LogP contribution >= 0.6 is 0 Å². The van der Waals surface area contributed by atoms with E-state index in [1.165, 1.54) is 25.7 Å². The molecule has 2 unspecified atom stereocenters. The Morgan fingerprint density at radius 3 is 2.36 bits per heavy atom. The van der Waals surface area contributed by atoms with Gasteiger partial charge in [0.2, 0.25) is 0 Å². The van der Waals surface area contributed by atoms with Crippen LogP contribution < -0.4 is 0 Å². The summed E-state index contributed by atoms with van der Waals surface area (Å²) >= 11 is 0. The summed E-state index contributed by atoms with van der Waals surface area (Å²) in [5, 5.41) is 9.99. The maximum absolute atomic E-state index is 9.99. The summed E-state index contributed by atoms with van der Waals surface area (Å²) in [5.74, 6) is 1.38. The van der Waals surface area contributed by atoms with E-state index < -0.39 is 0 Å². The molecule has 1 aliphatic rings. The molecule has 0 radical (unpaired) electrons.